The fourth-order valence-electron chi connectivity index (χ4n) is 1.95. The second-order valence-corrected chi connectivity index (χ2v) is 4.75. The van der Waals surface area contributed by atoms with Gasteiger partial charge in [0.25, 0.3) is 0 Å². The molecule has 2 aromatic carbocycles. The summed E-state index contributed by atoms with van der Waals surface area (Å²) in [4.78, 5) is 2.05. The lowest BCUT2D eigenvalue weighted by molar-refractivity contribution is 0.277. The molecule has 2 aromatic rings. The third-order valence-electron chi connectivity index (χ3n) is 3.19. The summed E-state index contributed by atoms with van der Waals surface area (Å²) in [6.45, 7) is 0.730. The third kappa shape index (κ3) is 4.02. The number of benzene rings is 2. The third-order valence-corrected chi connectivity index (χ3v) is 3.19. The van der Waals surface area contributed by atoms with Crippen molar-refractivity contribution in [2.45, 2.75) is 6.17 Å². The summed E-state index contributed by atoms with van der Waals surface area (Å²) in [5, 5.41) is 0. The molecule has 0 aromatic heterocycles. The topological polar surface area (TPSA) is 29.3 Å². The van der Waals surface area contributed by atoms with Gasteiger partial charge < -0.3 is 5.73 Å². The highest BCUT2D eigenvalue weighted by molar-refractivity contribution is 5.48. The van der Waals surface area contributed by atoms with E-state index < -0.39 is 0 Å². The minimum atomic E-state index is -0.217. The van der Waals surface area contributed by atoms with Crippen LogP contribution in [0.2, 0.25) is 0 Å². The van der Waals surface area contributed by atoms with E-state index in [9.17, 15) is 4.39 Å². The molecule has 104 valence electrons. The summed E-state index contributed by atoms with van der Waals surface area (Å²) >= 11 is 0. The van der Waals surface area contributed by atoms with E-state index in [1.54, 1.807) is 12.1 Å². The number of hydrogen-bond donors (Lipinski definition) is 1. The van der Waals surface area contributed by atoms with Crippen LogP contribution in [0.3, 0.4) is 0 Å². The predicted molar refractivity (Wildman–Crippen MR) is 81.4 cm³/mol. The zero-order valence-corrected chi connectivity index (χ0v) is 11.5. The van der Waals surface area contributed by atoms with E-state index in [0.29, 0.717) is 0 Å². The summed E-state index contributed by atoms with van der Waals surface area (Å²) in [6, 6.07) is 16.4. The molecular weight excluding hydrogens is 251 g/mol. The first-order valence-electron chi connectivity index (χ1n) is 6.59. The minimum Gasteiger partial charge on any atom is -0.312 e. The molecule has 2 rings (SSSR count). The molecule has 20 heavy (non-hydrogen) atoms. The molecule has 2 N–H and O–H groups in total. The smallest absolute Gasteiger partial charge is 0.123 e. The highest BCUT2D eigenvalue weighted by Gasteiger charge is 2.09. The van der Waals surface area contributed by atoms with Gasteiger partial charge in [-0.05, 0) is 30.3 Å². The van der Waals surface area contributed by atoms with Gasteiger partial charge >= 0.3 is 0 Å². The van der Waals surface area contributed by atoms with Gasteiger partial charge in [0.1, 0.15) is 5.82 Å². The van der Waals surface area contributed by atoms with E-state index >= 15 is 0 Å². The van der Waals surface area contributed by atoms with Crippen molar-refractivity contribution >= 4 is 6.08 Å². The molecule has 0 aliphatic rings. The average Bonchev–Trinajstić information content (AvgIpc) is 2.49. The summed E-state index contributed by atoms with van der Waals surface area (Å²) in [6.07, 6.45) is 3.86. The van der Waals surface area contributed by atoms with Crippen molar-refractivity contribution < 1.29 is 4.39 Å². The fraction of sp³-hybridized carbons (Fsp3) is 0.176. The zero-order chi connectivity index (χ0) is 14.4. The molecule has 0 aliphatic carbocycles. The van der Waals surface area contributed by atoms with Crippen LogP contribution in [-0.4, -0.2) is 18.5 Å². The van der Waals surface area contributed by atoms with E-state index in [4.69, 9.17) is 5.73 Å². The van der Waals surface area contributed by atoms with Crippen molar-refractivity contribution in [3.63, 3.8) is 0 Å². The predicted octanol–water partition coefficient (Wildman–Crippen LogP) is 3.43. The first-order valence-corrected chi connectivity index (χ1v) is 6.59. The van der Waals surface area contributed by atoms with Gasteiger partial charge in [-0.1, -0.05) is 54.6 Å². The van der Waals surface area contributed by atoms with Crippen LogP contribution in [0.15, 0.2) is 60.7 Å². The van der Waals surface area contributed by atoms with Crippen LogP contribution in [0.4, 0.5) is 4.39 Å². The Morgan fingerprint density at radius 1 is 1.10 bits per heavy atom. The Morgan fingerprint density at radius 3 is 2.40 bits per heavy atom. The Morgan fingerprint density at radius 2 is 1.75 bits per heavy atom. The molecule has 0 radical (unpaired) electrons. The molecule has 1 atom stereocenters. The van der Waals surface area contributed by atoms with E-state index in [0.717, 1.165) is 17.7 Å². The Bertz CT molecular complexity index is 549. The highest BCUT2D eigenvalue weighted by atomic mass is 19.1. The van der Waals surface area contributed by atoms with Gasteiger partial charge in [-0.25, -0.2) is 4.39 Å². The first kappa shape index (κ1) is 14.4. The number of halogens is 1. The van der Waals surface area contributed by atoms with Crippen LogP contribution >= 0.6 is 0 Å². The maximum absolute atomic E-state index is 12.8. The van der Waals surface area contributed by atoms with E-state index in [2.05, 4.69) is 4.90 Å². The lowest BCUT2D eigenvalue weighted by Crippen LogP contribution is -2.31. The van der Waals surface area contributed by atoms with Crippen molar-refractivity contribution in [1.29, 1.82) is 0 Å². The highest BCUT2D eigenvalue weighted by Crippen LogP contribution is 2.13. The van der Waals surface area contributed by atoms with Crippen LogP contribution in [0, 0.1) is 5.82 Å². The Labute approximate surface area is 119 Å². The normalized spacial score (nSPS) is 13.0. The Hall–Kier alpha value is -1.97. The molecule has 0 amide bonds. The van der Waals surface area contributed by atoms with Gasteiger partial charge in [0.15, 0.2) is 0 Å². The largest absolute Gasteiger partial charge is 0.312 e. The van der Waals surface area contributed by atoms with Gasteiger partial charge in [-0.15, -0.1) is 0 Å². The lowest BCUT2D eigenvalue weighted by atomic mass is 10.1. The molecule has 0 spiro atoms. The Balaban J connectivity index is 1.91. The Kier molecular flexibility index (Phi) is 5.04. The molecule has 0 aliphatic heterocycles. The minimum absolute atomic E-state index is 0.130. The number of rotatable bonds is 5. The number of hydrogen-bond acceptors (Lipinski definition) is 2. The SMILES string of the molecule is CN(CC=Cc1ccc(F)cc1)C(N)c1ccccc1. The molecule has 0 saturated carbocycles. The second-order valence-electron chi connectivity index (χ2n) is 4.75. The lowest BCUT2D eigenvalue weighted by Gasteiger charge is -2.23. The zero-order valence-electron chi connectivity index (χ0n) is 11.5. The average molecular weight is 270 g/mol. The van der Waals surface area contributed by atoms with Crippen molar-refractivity contribution in [2.75, 3.05) is 13.6 Å². The number of likely N-dealkylation sites (N-methyl/N-ethyl adjacent to an activating group) is 1. The molecule has 0 heterocycles. The first-order chi connectivity index (χ1) is 9.66. The van der Waals surface area contributed by atoms with Crippen LogP contribution in [0.5, 0.6) is 0 Å². The molecule has 0 saturated heterocycles. The summed E-state index contributed by atoms with van der Waals surface area (Å²) in [5.41, 5.74) is 8.25. The quantitative estimate of drug-likeness (QED) is 0.843. The van der Waals surface area contributed by atoms with Crippen LogP contribution in [-0.2, 0) is 0 Å². The van der Waals surface area contributed by atoms with E-state index in [1.165, 1.54) is 12.1 Å². The molecule has 2 nitrogen and oxygen atoms in total. The van der Waals surface area contributed by atoms with Crippen molar-refractivity contribution in [3.05, 3.63) is 77.6 Å². The van der Waals surface area contributed by atoms with Crippen molar-refractivity contribution in [1.82, 2.24) is 4.90 Å². The van der Waals surface area contributed by atoms with E-state index in [1.807, 2.05) is 49.5 Å². The van der Waals surface area contributed by atoms with E-state index in [-0.39, 0.29) is 12.0 Å². The van der Waals surface area contributed by atoms with Gasteiger partial charge in [0, 0.05) is 6.54 Å². The van der Waals surface area contributed by atoms with Crippen LogP contribution < -0.4 is 5.73 Å². The maximum atomic E-state index is 12.8. The second kappa shape index (κ2) is 6.98. The van der Waals surface area contributed by atoms with Crippen molar-refractivity contribution in [2.24, 2.45) is 5.73 Å². The fourth-order valence-corrected chi connectivity index (χ4v) is 1.95. The van der Waals surface area contributed by atoms with Crippen LogP contribution in [0.1, 0.15) is 17.3 Å². The maximum Gasteiger partial charge on any atom is 0.123 e. The van der Waals surface area contributed by atoms with Gasteiger partial charge in [0.2, 0.25) is 0 Å². The number of nitrogens with zero attached hydrogens (tertiary/aromatic N) is 1. The van der Waals surface area contributed by atoms with Gasteiger partial charge in [-0.3, -0.25) is 4.90 Å². The molecule has 0 bridgehead atoms. The van der Waals surface area contributed by atoms with Gasteiger partial charge in [0.05, 0.1) is 6.17 Å². The van der Waals surface area contributed by atoms with Gasteiger partial charge in [-0.2, -0.15) is 0 Å². The summed E-state index contributed by atoms with van der Waals surface area (Å²) in [7, 11) is 1.98. The summed E-state index contributed by atoms with van der Waals surface area (Å²) in [5.74, 6) is -0.217. The molecular formula is C17H19FN2. The monoisotopic (exact) mass is 270 g/mol. The van der Waals surface area contributed by atoms with Crippen molar-refractivity contribution in [3.8, 4) is 0 Å². The van der Waals surface area contributed by atoms with Crippen LogP contribution in [0.25, 0.3) is 6.08 Å². The summed E-state index contributed by atoms with van der Waals surface area (Å²) < 4.78 is 12.8. The molecule has 3 heteroatoms. The standard InChI is InChI=1S/C17H19FN2/c1-20(17(19)15-7-3-2-4-8-15)13-5-6-14-9-11-16(18)12-10-14/h2-12,17H,13,19H2,1H3. The molecule has 1 unspecified atom stereocenters. The number of nitrogens with two attached hydrogens (primary N) is 1. The molecule has 0 fully saturated rings.